The molecular formula is C13H8F3N3OS2. The molecule has 0 saturated heterocycles. The van der Waals surface area contributed by atoms with Crippen molar-refractivity contribution in [1.29, 1.82) is 0 Å². The summed E-state index contributed by atoms with van der Waals surface area (Å²) in [6.07, 6.45) is -4.52. The maximum atomic E-state index is 12.6. The minimum Gasteiger partial charge on any atom is -0.304 e. The van der Waals surface area contributed by atoms with E-state index in [2.05, 4.69) is 15.0 Å². The Morgan fingerprint density at radius 2 is 2.00 bits per heavy atom. The summed E-state index contributed by atoms with van der Waals surface area (Å²) in [6, 6.07) is 3.20. The molecule has 0 fully saturated rings. The van der Waals surface area contributed by atoms with Crippen molar-refractivity contribution in [2.45, 2.75) is 13.1 Å². The van der Waals surface area contributed by atoms with Crippen molar-refractivity contribution in [3.63, 3.8) is 0 Å². The van der Waals surface area contributed by atoms with Gasteiger partial charge in [-0.3, -0.25) is 4.79 Å². The van der Waals surface area contributed by atoms with Gasteiger partial charge in [-0.2, -0.15) is 13.2 Å². The highest BCUT2D eigenvalue weighted by atomic mass is 32.1. The van der Waals surface area contributed by atoms with E-state index in [-0.39, 0.29) is 10.8 Å². The fourth-order valence-corrected chi connectivity index (χ4v) is 3.48. The van der Waals surface area contributed by atoms with Crippen LogP contribution >= 0.6 is 22.7 Å². The molecule has 0 radical (unpaired) electrons. The number of thiophene rings is 1. The van der Waals surface area contributed by atoms with Crippen molar-refractivity contribution in [2.24, 2.45) is 0 Å². The molecule has 0 aromatic carbocycles. The number of nitrogens with one attached hydrogen (secondary N) is 1. The molecule has 0 aliphatic heterocycles. The van der Waals surface area contributed by atoms with E-state index in [1.165, 1.54) is 17.4 Å². The van der Waals surface area contributed by atoms with Crippen molar-refractivity contribution in [3.8, 4) is 21.4 Å². The molecule has 0 atom stereocenters. The number of halogens is 3. The summed E-state index contributed by atoms with van der Waals surface area (Å²) in [6.45, 7) is 1.87. The fourth-order valence-electron chi connectivity index (χ4n) is 1.82. The van der Waals surface area contributed by atoms with Crippen molar-refractivity contribution >= 4 is 22.7 Å². The molecule has 0 spiro atoms. The standard InChI is InChI=1S/C13H8F3N3OS2/c1-6-2-3-21-10(6)7-4-9(20)19-11(17-7)12-18-8(5-22-12)13(14,15)16/h2-5H,1H3,(H,17,19,20). The number of thiazole rings is 1. The number of aryl methyl sites for hydroxylation is 1. The van der Waals surface area contributed by atoms with E-state index >= 15 is 0 Å². The first-order valence-corrected chi connectivity index (χ1v) is 7.79. The molecule has 0 bridgehead atoms. The molecule has 114 valence electrons. The molecule has 3 rings (SSSR count). The third-order valence-electron chi connectivity index (χ3n) is 2.83. The number of H-pyrrole nitrogens is 1. The minimum atomic E-state index is -4.52. The Morgan fingerprint density at radius 3 is 2.59 bits per heavy atom. The molecule has 0 aliphatic rings. The van der Waals surface area contributed by atoms with Crippen LogP contribution in [0.1, 0.15) is 11.3 Å². The van der Waals surface area contributed by atoms with Crippen molar-refractivity contribution in [3.05, 3.63) is 44.5 Å². The monoisotopic (exact) mass is 343 g/mol. The summed E-state index contributed by atoms with van der Waals surface area (Å²) in [7, 11) is 0. The lowest BCUT2D eigenvalue weighted by molar-refractivity contribution is -0.140. The van der Waals surface area contributed by atoms with Crippen molar-refractivity contribution in [2.75, 3.05) is 0 Å². The maximum Gasteiger partial charge on any atom is 0.434 e. The fraction of sp³-hybridized carbons (Fsp3) is 0.154. The quantitative estimate of drug-likeness (QED) is 0.766. The van der Waals surface area contributed by atoms with E-state index < -0.39 is 17.4 Å². The van der Waals surface area contributed by atoms with Crippen LogP contribution in [0.3, 0.4) is 0 Å². The van der Waals surface area contributed by atoms with E-state index in [9.17, 15) is 18.0 Å². The van der Waals surface area contributed by atoms with E-state index in [1.54, 1.807) is 0 Å². The van der Waals surface area contributed by atoms with Gasteiger partial charge in [-0.15, -0.1) is 22.7 Å². The highest BCUT2D eigenvalue weighted by Crippen LogP contribution is 2.33. The number of aromatic amines is 1. The maximum absolute atomic E-state index is 12.6. The lowest BCUT2D eigenvalue weighted by Gasteiger charge is -2.02. The Bertz CT molecular complexity index is 879. The van der Waals surface area contributed by atoms with Crippen LogP contribution in [0, 0.1) is 6.92 Å². The molecule has 9 heteroatoms. The molecule has 22 heavy (non-hydrogen) atoms. The van der Waals surface area contributed by atoms with Gasteiger partial charge in [0.25, 0.3) is 5.56 Å². The first-order chi connectivity index (χ1) is 10.3. The van der Waals surface area contributed by atoms with Gasteiger partial charge in [-0.25, -0.2) is 9.97 Å². The minimum absolute atomic E-state index is 0.0282. The molecule has 4 nitrogen and oxygen atoms in total. The van der Waals surface area contributed by atoms with E-state index in [1.807, 2.05) is 18.4 Å². The van der Waals surface area contributed by atoms with Gasteiger partial charge in [0.2, 0.25) is 0 Å². The lowest BCUT2D eigenvalue weighted by Crippen LogP contribution is -2.09. The van der Waals surface area contributed by atoms with Gasteiger partial charge in [-0.1, -0.05) is 0 Å². The highest BCUT2D eigenvalue weighted by molar-refractivity contribution is 7.13. The van der Waals surface area contributed by atoms with Crippen LogP contribution in [0.4, 0.5) is 13.2 Å². The Labute approximate surface area is 130 Å². The molecular weight excluding hydrogens is 335 g/mol. The molecule has 0 unspecified atom stereocenters. The zero-order chi connectivity index (χ0) is 15.9. The summed E-state index contributed by atoms with van der Waals surface area (Å²) >= 11 is 2.20. The second-order valence-electron chi connectivity index (χ2n) is 4.45. The van der Waals surface area contributed by atoms with Crippen LogP contribution in [-0.4, -0.2) is 15.0 Å². The second kappa shape index (κ2) is 5.33. The number of nitrogens with zero attached hydrogens (tertiary/aromatic N) is 2. The molecule has 0 saturated carbocycles. The molecule has 3 heterocycles. The Kier molecular flexibility index (Phi) is 3.61. The zero-order valence-corrected chi connectivity index (χ0v) is 12.7. The summed E-state index contributed by atoms with van der Waals surface area (Å²) in [5, 5.41) is 2.79. The summed E-state index contributed by atoms with van der Waals surface area (Å²) in [4.78, 5) is 22.7. The van der Waals surface area contributed by atoms with Crippen LogP contribution in [0.5, 0.6) is 0 Å². The number of hydrogen-bond donors (Lipinski definition) is 1. The second-order valence-corrected chi connectivity index (χ2v) is 6.22. The molecule has 1 N–H and O–H groups in total. The molecule has 0 aliphatic carbocycles. The Balaban J connectivity index is 2.09. The van der Waals surface area contributed by atoms with Crippen LogP contribution in [-0.2, 0) is 6.18 Å². The number of rotatable bonds is 2. The SMILES string of the molecule is Cc1ccsc1-c1cc(=O)[nH]c(-c2nc(C(F)(F)F)cs2)n1. The molecule has 3 aromatic heterocycles. The Morgan fingerprint density at radius 1 is 1.23 bits per heavy atom. The zero-order valence-electron chi connectivity index (χ0n) is 11.1. The van der Waals surface area contributed by atoms with Gasteiger partial charge >= 0.3 is 6.18 Å². The third kappa shape index (κ3) is 2.81. The predicted octanol–water partition coefficient (Wildman–Crippen LogP) is 3.95. The van der Waals surface area contributed by atoms with E-state index in [0.29, 0.717) is 5.69 Å². The average Bonchev–Trinajstić information content (AvgIpc) is 3.05. The van der Waals surface area contributed by atoms with Gasteiger partial charge in [-0.05, 0) is 23.9 Å². The summed E-state index contributed by atoms with van der Waals surface area (Å²) < 4.78 is 37.8. The highest BCUT2D eigenvalue weighted by Gasteiger charge is 2.34. The van der Waals surface area contributed by atoms with Gasteiger partial charge in [0.15, 0.2) is 16.5 Å². The van der Waals surface area contributed by atoms with Crippen LogP contribution in [0.2, 0.25) is 0 Å². The van der Waals surface area contributed by atoms with Gasteiger partial charge in [0, 0.05) is 11.4 Å². The van der Waals surface area contributed by atoms with Crippen LogP contribution < -0.4 is 5.56 Å². The third-order valence-corrected chi connectivity index (χ3v) is 4.72. The average molecular weight is 343 g/mol. The smallest absolute Gasteiger partial charge is 0.304 e. The summed E-state index contributed by atoms with van der Waals surface area (Å²) in [5.41, 5.74) is -0.0522. The first-order valence-electron chi connectivity index (χ1n) is 6.03. The number of alkyl halides is 3. The lowest BCUT2D eigenvalue weighted by atomic mass is 10.2. The number of hydrogen-bond acceptors (Lipinski definition) is 5. The van der Waals surface area contributed by atoms with Gasteiger partial charge < -0.3 is 4.98 Å². The molecule has 3 aromatic rings. The van der Waals surface area contributed by atoms with Crippen LogP contribution in [0.25, 0.3) is 21.4 Å². The molecule has 0 amide bonds. The van der Waals surface area contributed by atoms with Crippen molar-refractivity contribution < 1.29 is 13.2 Å². The van der Waals surface area contributed by atoms with Crippen molar-refractivity contribution in [1.82, 2.24) is 15.0 Å². The predicted molar refractivity (Wildman–Crippen MR) is 79.0 cm³/mol. The van der Waals surface area contributed by atoms with E-state index in [4.69, 9.17) is 0 Å². The van der Waals surface area contributed by atoms with Crippen LogP contribution in [0.15, 0.2) is 27.7 Å². The largest absolute Gasteiger partial charge is 0.434 e. The van der Waals surface area contributed by atoms with Gasteiger partial charge in [0.05, 0.1) is 10.6 Å². The first kappa shape index (κ1) is 14.9. The summed E-state index contributed by atoms with van der Waals surface area (Å²) in [5.74, 6) is 0.0378. The topological polar surface area (TPSA) is 58.6 Å². The van der Waals surface area contributed by atoms with E-state index in [0.717, 1.165) is 27.2 Å². The normalized spacial score (nSPS) is 11.8. The van der Waals surface area contributed by atoms with Gasteiger partial charge in [0.1, 0.15) is 0 Å². The Hall–Kier alpha value is -2.00. The number of aromatic nitrogens is 3.